The van der Waals surface area contributed by atoms with E-state index in [1.54, 1.807) is 0 Å². The van der Waals surface area contributed by atoms with Crippen LogP contribution in [-0.4, -0.2) is 24.3 Å². The van der Waals surface area contributed by atoms with Gasteiger partial charge in [-0.2, -0.15) is 0 Å². The first-order valence-corrected chi connectivity index (χ1v) is 8.90. The standard InChI is InChI=1S/C18H21FO4S/c1-9-4-10(2)6-11(5-9)23-16-12-7-14(22-3)13(19)8-15(12)24-17(16)18(20)21/h7-11H,4-6H2,1-3H3,(H,20,21). The van der Waals surface area contributed by atoms with Crippen molar-refractivity contribution in [2.45, 2.75) is 39.2 Å². The van der Waals surface area contributed by atoms with Gasteiger partial charge in [-0.3, -0.25) is 0 Å². The van der Waals surface area contributed by atoms with Crippen molar-refractivity contribution in [2.24, 2.45) is 11.8 Å². The van der Waals surface area contributed by atoms with Crippen LogP contribution in [0.5, 0.6) is 11.5 Å². The van der Waals surface area contributed by atoms with Gasteiger partial charge >= 0.3 is 5.97 Å². The molecule has 0 amide bonds. The van der Waals surface area contributed by atoms with Crippen LogP contribution in [0.25, 0.3) is 10.1 Å². The van der Waals surface area contributed by atoms with Crippen LogP contribution in [0.4, 0.5) is 4.39 Å². The molecule has 6 heteroatoms. The Labute approximate surface area is 144 Å². The number of hydrogen-bond donors (Lipinski definition) is 1. The third-order valence-electron chi connectivity index (χ3n) is 4.53. The molecule has 1 heterocycles. The Morgan fingerprint density at radius 3 is 2.50 bits per heavy atom. The Morgan fingerprint density at radius 2 is 1.92 bits per heavy atom. The molecule has 1 aromatic carbocycles. The van der Waals surface area contributed by atoms with E-state index in [4.69, 9.17) is 9.47 Å². The van der Waals surface area contributed by atoms with Gasteiger partial charge in [-0.15, -0.1) is 11.3 Å². The highest BCUT2D eigenvalue weighted by Crippen LogP contribution is 2.42. The summed E-state index contributed by atoms with van der Waals surface area (Å²) in [4.78, 5) is 11.7. The Kier molecular flexibility index (Phi) is 4.67. The van der Waals surface area contributed by atoms with E-state index in [-0.39, 0.29) is 16.7 Å². The summed E-state index contributed by atoms with van der Waals surface area (Å²) in [6.07, 6.45) is 2.95. The van der Waals surface area contributed by atoms with E-state index in [2.05, 4.69) is 13.8 Å². The van der Waals surface area contributed by atoms with Crippen LogP contribution in [0, 0.1) is 17.7 Å². The van der Waals surface area contributed by atoms with Crippen molar-refractivity contribution in [2.75, 3.05) is 7.11 Å². The average Bonchev–Trinajstić information content (AvgIpc) is 2.83. The van der Waals surface area contributed by atoms with Crippen molar-refractivity contribution < 1.29 is 23.8 Å². The molecule has 0 radical (unpaired) electrons. The quantitative estimate of drug-likeness (QED) is 0.846. The highest BCUT2D eigenvalue weighted by atomic mass is 32.1. The Morgan fingerprint density at radius 1 is 1.25 bits per heavy atom. The number of carbonyl (C=O) groups is 1. The van der Waals surface area contributed by atoms with Gasteiger partial charge in [0.05, 0.1) is 13.2 Å². The summed E-state index contributed by atoms with van der Waals surface area (Å²) < 4.78 is 25.6. The van der Waals surface area contributed by atoms with Crippen LogP contribution in [0.2, 0.25) is 0 Å². The normalized spacial score (nSPS) is 24.1. The molecule has 1 saturated carbocycles. The Bertz CT molecular complexity index is 760. The number of carboxylic acids is 1. The first-order valence-electron chi connectivity index (χ1n) is 8.09. The van der Waals surface area contributed by atoms with Crippen LogP contribution in [0.1, 0.15) is 42.8 Å². The van der Waals surface area contributed by atoms with E-state index < -0.39 is 11.8 Å². The van der Waals surface area contributed by atoms with Gasteiger partial charge in [0.2, 0.25) is 0 Å². The number of aromatic carboxylic acids is 1. The van der Waals surface area contributed by atoms with Crippen molar-refractivity contribution in [3.63, 3.8) is 0 Å². The van der Waals surface area contributed by atoms with E-state index >= 15 is 0 Å². The number of rotatable bonds is 4. The van der Waals surface area contributed by atoms with Crippen molar-refractivity contribution in [3.05, 3.63) is 22.8 Å². The minimum absolute atomic E-state index is 0.0179. The fourth-order valence-electron chi connectivity index (χ4n) is 3.63. The number of fused-ring (bicyclic) bond motifs is 1. The number of hydrogen-bond acceptors (Lipinski definition) is 4. The van der Waals surface area contributed by atoms with Crippen LogP contribution >= 0.6 is 11.3 Å². The summed E-state index contributed by atoms with van der Waals surface area (Å²) in [6, 6.07) is 2.84. The molecule has 1 N–H and O–H groups in total. The van der Waals surface area contributed by atoms with Crippen LogP contribution < -0.4 is 9.47 Å². The van der Waals surface area contributed by atoms with Gasteiger partial charge in [0.1, 0.15) is 0 Å². The zero-order chi connectivity index (χ0) is 17.4. The summed E-state index contributed by atoms with van der Waals surface area (Å²) in [6.45, 7) is 4.38. The zero-order valence-corrected chi connectivity index (χ0v) is 14.8. The van der Waals surface area contributed by atoms with Gasteiger partial charge in [-0.05, 0) is 43.2 Å². The molecule has 1 aliphatic carbocycles. The molecule has 1 aliphatic rings. The maximum absolute atomic E-state index is 13.9. The van der Waals surface area contributed by atoms with Gasteiger partial charge < -0.3 is 14.6 Å². The van der Waals surface area contributed by atoms with Crippen LogP contribution in [0.3, 0.4) is 0 Å². The summed E-state index contributed by atoms with van der Waals surface area (Å²) in [7, 11) is 1.39. The van der Waals surface area contributed by atoms with Gasteiger partial charge in [-0.25, -0.2) is 9.18 Å². The maximum Gasteiger partial charge on any atom is 0.349 e. The molecule has 0 bridgehead atoms. The van der Waals surface area contributed by atoms with Crippen molar-refractivity contribution in [1.29, 1.82) is 0 Å². The highest BCUT2D eigenvalue weighted by molar-refractivity contribution is 7.21. The molecule has 0 aliphatic heterocycles. The lowest BCUT2D eigenvalue weighted by atomic mass is 9.82. The second-order valence-corrected chi connectivity index (χ2v) is 7.76. The molecule has 24 heavy (non-hydrogen) atoms. The van der Waals surface area contributed by atoms with Crippen molar-refractivity contribution >= 4 is 27.4 Å². The fraction of sp³-hybridized carbons (Fsp3) is 0.500. The molecule has 2 aromatic rings. The lowest BCUT2D eigenvalue weighted by molar-refractivity contribution is 0.0684. The smallest absolute Gasteiger partial charge is 0.349 e. The zero-order valence-electron chi connectivity index (χ0n) is 14.0. The summed E-state index contributed by atoms with van der Waals surface area (Å²) in [5.41, 5.74) is 0. The minimum Gasteiger partial charge on any atom is -0.494 e. The first kappa shape index (κ1) is 17.0. The van der Waals surface area contributed by atoms with E-state index in [1.807, 2.05) is 0 Å². The molecule has 3 rings (SSSR count). The topological polar surface area (TPSA) is 55.8 Å². The minimum atomic E-state index is -1.05. The third kappa shape index (κ3) is 3.20. The monoisotopic (exact) mass is 352 g/mol. The van der Waals surface area contributed by atoms with Gasteiger partial charge in [0, 0.05) is 10.1 Å². The molecular formula is C18H21FO4S. The predicted octanol–water partition coefficient (Wildman–Crippen LogP) is 4.95. The highest BCUT2D eigenvalue weighted by Gasteiger charge is 2.29. The van der Waals surface area contributed by atoms with E-state index in [0.29, 0.717) is 27.7 Å². The summed E-state index contributed by atoms with van der Waals surface area (Å²) in [5.74, 6) is -0.0375. The molecule has 4 nitrogen and oxygen atoms in total. The number of methoxy groups -OCH3 is 1. The first-order chi connectivity index (χ1) is 11.4. The van der Waals surface area contributed by atoms with Gasteiger partial charge in [0.15, 0.2) is 22.2 Å². The summed E-state index contributed by atoms with van der Waals surface area (Å²) in [5, 5.41) is 10.1. The number of halogens is 1. The molecular weight excluding hydrogens is 331 g/mol. The van der Waals surface area contributed by atoms with Crippen molar-refractivity contribution in [3.8, 4) is 11.5 Å². The Hall–Kier alpha value is -1.82. The van der Waals surface area contributed by atoms with Gasteiger partial charge in [-0.1, -0.05) is 13.8 Å². The molecule has 0 saturated heterocycles. The third-order valence-corrected chi connectivity index (χ3v) is 5.65. The van der Waals surface area contributed by atoms with Gasteiger partial charge in [0.25, 0.3) is 0 Å². The maximum atomic E-state index is 13.9. The second kappa shape index (κ2) is 6.59. The van der Waals surface area contributed by atoms with E-state index in [9.17, 15) is 14.3 Å². The molecule has 2 atom stereocenters. The van der Waals surface area contributed by atoms with E-state index in [0.717, 1.165) is 30.6 Å². The molecule has 1 fully saturated rings. The average molecular weight is 352 g/mol. The summed E-state index contributed by atoms with van der Waals surface area (Å²) >= 11 is 1.04. The number of carboxylic acid groups (broad SMARTS) is 1. The Balaban J connectivity index is 2.04. The largest absolute Gasteiger partial charge is 0.494 e. The predicted molar refractivity (Wildman–Crippen MR) is 91.9 cm³/mol. The molecule has 0 spiro atoms. The fourth-order valence-corrected chi connectivity index (χ4v) is 4.61. The molecule has 130 valence electrons. The van der Waals surface area contributed by atoms with Crippen LogP contribution in [0.15, 0.2) is 12.1 Å². The molecule has 2 unspecified atom stereocenters. The lowest BCUT2D eigenvalue weighted by Gasteiger charge is -2.31. The SMILES string of the molecule is COc1cc2c(OC3CC(C)CC(C)C3)c(C(=O)O)sc2cc1F. The number of ether oxygens (including phenoxy) is 2. The second-order valence-electron chi connectivity index (χ2n) is 6.71. The van der Waals surface area contributed by atoms with Crippen molar-refractivity contribution in [1.82, 2.24) is 0 Å². The molecule has 1 aromatic heterocycles. The van der Waals surface area contributed by atoms with Crippen LogP contribution in [-0.2, 0) is 0 Å². The lowest BCUT2D eigenvalue weighted by Crippen LogP contribution is -2.28. The number of thiophene rings is 1. The van der Waals surface area contributed by atoms with E-state index in [1.165, 1.54) is 19.2 Å². The number of benzene rings is 1.